The Bertz CT molecular complexity index is 1270. The summed E-state index contributed by atoms with van der Waals surface area (Å²) in [5, 5.41) is 12.9. The Morgan fingerprint density at radius 2 is 1.73 bits per heavy atom. The quantitative estimate of drug-likeness (QED) is 0.508. The van der Waals surface area contributed by atoms with Crippen molar-refractivity contribution in [3.63, 3.8) is 0 Å². The van der Waals surface area contributed by atoms with Crippen LogP contribution in [0.25, 0.3) is 16.7 Å². The number of likely N-dealkylation sites (N-methyl/N-ethyl adjacent to an activating group) is 1. The summed E-state index contributed by atoms with van der Waals surface area (Å²) >= 11 is 0. The molecule has 33 heavy (non-hydrogen) atoms. The number of rotatable bonds is 5. The molecule has 4 aromatic rings. The second-order valence-corrected chi connectivity index (χ2v) is 9.23. The van der Waals surface area contributed by atoms with Crippen molar-refractivity contribution in [3.8, 4) is 11.4 Å². The molecule has 3 atom stereocenters. The monoisotopic (exact) mass is 439 g/mol. The lowest BCUT2D eigenvalue weighted by Gasteiger charge is -2.30. The molecule has 1 N–H and O–H groups in total. The van der Waals surface area contributed by atoms with Gasteiger partial charge in [-0.3, -0.25) is 4.90 Å². The second-order valence-electron chi connectivity index (χ2n) is 9.23. The SMILES string of the molecule is CNC1CCN([C@@H]2Cc3ccccc3[C@@H]2Oc2ccc(C)cc2-n2nc3ccccc3n2)C1. The Balaban J connectivity index is 1.38. The lowest BCUT2D eigenvalue weighted by molar-refractivity contribution is 0.0924. The Morgan fingerprint density at radius 1 is 0.970 bits per heavy atom. The van der Waals surface area contributed by atoms with Crippen molar-refractivity contribution in [2.24, 2.45) is 0 Å². The number of benzene rings is 3. The first-order valence-corrected chi connectivity index (χ1v) is 11.8. The molecule has 1 saturated heterocycles. The van der Waals surface area contributed by atoms with Gasteiger partial charge in [-0.1, -0.05) is 42.5 Å². The third-order valence-electron chi connectivity index (χ3n) is 7.11. The average Bonchev–Trinajstić information content (AvgIpc) is 3.57. The highest BCUT2D eigenvalue weighted by molar-refractivity contribution is 5.73. The van der Waals surface area contributed by atoms with Crippen LogP contribution in [0.5, 0.6) is 5.75 Å². The first-order chi connectivity index (χ1) is 16.2. The molecule has 6 nitrogen and oxygen atoms in total. The number of hydrogen-bond acceptors (Lipinski definition) is 5. The molecule has 3 aromatic carbocycles. The van der Waals surface area contributed by atoms with Crippen LogP contribution in [0.15, 0.2) is 66.7 Å². The number of hydrogen-bond donors (Lipinski definition) is 1. The van der Waals surface area contributed by atoms with E-state index in [1.807, 2.05) is 24.3 Å². The predicted octanol–water partition coefficient (Wildman–Crippen LogP) is 4.07. The van der Waals surface area contributed by atoms with E-state index in [9.17, 15) is 0 Å². The van der Waals surface area contributed by atoms with Crippen molar-refractivity contribution < 1.29 is 4.74 Å². The number of aromatic nitrogens is 3. The standard InChI is InChI=1S/C27H29N5O/c1-18-11-12-26(24(15-18)32-29-22-9-5-6-10-23(22)30-32)33-27-21-8-4-3-7-19(21)16-25(27)31-14-13-20(17-31)28-2/h3-12,15,20,25,27-28H,13-14,16-17H2,1-2H3/t20?,25-,27+/m1/s1. The zero-order valence-corrected chi connectivity index (χ0v) is 19.1. The maximum atomic E-state index is 6.87. The van der Waals surface area contributed by atoms with Gasteiger partial charge in [0.2, 0.25) is 0 Å². The molecule has 2 heterocycles. The minimum atomic E-state index is -0.0248. The van der Waals surface area contributed by atoms with Gasteiger partial charge in [-0.2, -0.15) is 0 Å². The lowest BCUT2D eigenvalue weighted by Crippen LogP contribution is -2.40. The molecule has 168 valence electrons. The van der Waals surface area contributed by atoms with Crippen molar-refractivity contribution >= 4 is 11.0 Å². The summed E-state index contributed by atoms with van der Waals surface area (Å²) in [4.78, 5) is 4.32. The number of aryl methyl sites for hydroxylation is 1. The van der Waals surface area contributed by atoms with Crippen LogP contribution in [0.2, 0.25) is 0 Å². The molecule has 2 aliphatic rings. The molecular formula is C27H29N5O. The third-order valence-corrected chi connectivity index (χ3v) is 7.11. The van der Waals surface area contributed by atoms with Gasteiger partial charge >= 0.3 is 0 Å². The minimum absolute atomic E-state index is 0.0248. The molecule has 1 aliphatic heterocycles. The van der Waals surface area contributed by atoms with E-state index in [0.717, 1.165) is 47.5 Å². The van der Waals surface area contributed by atoms with Crippen molar-refractivity contribution in [1.82, 2.24) is 25.2 Å². The van der Waals surface area contributed by atoms with Gasteiger partial charge in [0, 0.05) is 19.1 Å². The summed E-state index contributed by atoms with van der Waals surface area (Å²) in [6, 6.07) is 23.8. The number of likely N-dealkylation sites (tertiary alicyclic amines) is 1. The normalized spacial score (nSPS) is 22.7. The van der Waals surface area contributed by atoms with E-state index in [-0.39, 0.29) is 6.10 Å². The van der Waals surface area contributed by atoms with Gasteiger partial charge in [-0.05, 0) is 67.8 Å². The summed E-state index contributed by atoms with van der Waals surface area (Å²) in [5.74, 6) is 0.817. The highest BCUT2D eigenvalue weighted by atomic mass is 16.5. The molecule has 0 saturated carbocycles. The molecule has 1 aliphatic carbocycles. The zero-order valence-electron chi connectivity index (χ0n) is 19.1. The van der Waals surface area contributed by atoms with E-state index in [4.69, 9.17) is 14.9 Å². The Morgan fingerprint density at radius 3 is 2.48 bits per heavy atom. The predicted molar refractivity (Wildman–Crippen MR) is 130 cm³/mol. The van der Waals surface area contributed by atoms with Crippen molar-refractivity contribution in [2.75, 3.05) is 20.1 Å². The van der Waals surface area contributed by atoms with Crippen molar-refractivity contribution in [2.45, 2.75) is 38.0 Å². The summed E-state index contributed by atoms with van der Waals surface area (Å²) in [6.45, 7) is 4.24. The first-order valence-electron chi connectivity index (χ1n) is 11.8. The molecule has 1 aromatic heterocycles. The average molecular weight is 440 g/mol. The molecular weight excluding hydrogens is 410 g/mol. The van der Waals surface area contributed by atoms with Crippen LogP contribution in [0, 0.1) is 6.92 Å². The molecule has 0 radical (unpaired) electrons. The van der Waals surface area contributed by atoms with Gasteiger partial charge in [0.25, 0.3) is 0 Å². The van der Waals surface area contributed by atoms with Crippen molar-refractivity contribution in [1.29, 1.82) is 0 Å². The fraction of sp³-hybridized carbons (Fsp3) is 0.333. The van der Waals surface area contributed by atoms with Gasteiger partial charge in [0.1, 0.15) is 28.6 Å². The van der Waals surface area contributed by atoms with Crippen LogP contribution in [-0.2, 0) is 6.42 Å². The molecule has 1 fully saturated rings. The number of fused-ring (bicyclic) bond motifs is 2. The summed E-state index contributed by atoms with van der Waals surface area (Å²) in [7, 11) is 2.06. The van der Waals surface area contributed by atoms with Gasteiger partial charge in [-0.15, -0.1) is 15.0 Å². The van der Waals surface area contributed by atoms with E-state index in [1.165, 1.54) is 17.5 Å². The van der Waals surface area contributed by atoms with Crippen LogP contribution in [0.1, 0.15) is 29.2 Å². The van der Waals surface area contributed by atoms with Crippen LogP contribution in [-0.4, -0.2) is 52.1 Å². The van der Waals surface area contributed by atoms with Crippen LogP contribution >= 0.6 is 0 Å². The Kier molecular flexibility index (Phi) is 5.12. The second kappa shape index (κ2) is 8.28. The first kappa shape index (κ1) is 20.4. The maximum absolute atomic E-state index is 6.87. The smallest absolute Gasteiger partial charge is 0.147 e. The Hall–Kier alpha value is -3.22. The van der Waals surface area contributed by atoms with Gasteiger partial charge < -0.3 is 10.1 Å². The Labute approximate surface area is 194 Å². The number of nitrogens with one attached hydrogen (secondary N) is 1. The van der Waals surface area contributed by atoms with Crippen LogP contribution in [0.4, 0.5) is 0 Å². The fourth-order valence-electron chi connectivity index (χ4n) is 5.31. The summed E-state index contributed by atoms with van der Waals surface area (Å²) < 4.78 is 6.87. The zero-order chi connectivity index (χ0) is 22.4. The van der Waals surface area contributed by atoms with Crippen molar-refractivity contribution in [3.05, 3.63) is 83.4 Å². The van der Waals surface area contributed by atoms with E-state index in [0.29, 0.717) is 12.1 Å². The molecule has 0 spiro atoms. The topological polar surface area (TPSA) is 55.2 Å². The van der Waals surface area contributed by atoms with Gasteiger partial charge in [0.15, 0.2) is 0 Å². The fourth-order valence-corrected chi connectivity index (χ4v) is 5.31. The highest BCUT2D eigenvalue weighted by Crippen LogP contribution is 2.40. The molecule has 0 amide bonds. The maximum Gasteiger partial charge on any atom is 0.147 e. The number of ether oxygens (including phenoxy) is 1. The van der Waals surface area contributed by atoms with Gasteiger partial charge in [-0.25, -0.2) is 0 Å². The molecule has 6 heteroatoms. The van der Waals surface area contributed by atoms with Gasteiger partial charge in [0.05, 0.1) is 6.04 Å². The van der Waals surface area contributed by atoms with E-state index in [1.54, 1.807) is 4.80 Å². The van der Waals surface area contributed by atoms with E-state index in [2.05, 4.69) is 66.7 Å². The highest BCUT2D eigenvalue weighted by Gasteiger charge is 2.40. The van der Waals surface area contributed by atoms with Crippen LogP contribution in [0.3, 0.4) is 0 Å². The lowest BCUT2D eigenvalue weighted by atomic mass is 10.1. The largest absolute Gasteiger partial charge is 0.482 e. The summed E-state index contributed by atoms with van der Waals surface area (Å²) in [6.07, 6.45) is 2.17. The molecule has 0 bridgehead atoms. The van der Waals surface area contributed by atoms with E-state index >= 15 is 0 Å². The summed E-state index contributed by atoms with van der Waals surface area (Å²) in [5.41, 5.74) is 6.47. The minimum Gasteiger partial charge on any atom is -0.482 e. The molecule has 6 rings (SSSR count). The van der Waals surface area contributed by atoms with E-state index < -0.39 is 0 Å². The molecule has 1 unspecified atom stereocenters. The number of nitrogens with zero attached hydrogens (tertiary/aromatic N) is 4. The van der Waals surface area contributed by atoms with Crippen LogP contribution < -0.4 is 10.1 Å². The third kappa shape index (κ3) is 3.69.